The minimum atomic E-state index is 0.0863. The van der Waals surface area contributed by atoms with Crippen LogP contribution in [0.1, 0.15) is 18.7 Å². The van der Waals surface area contributed by atoms with E-state index in [-0.39, 0.29) is 21.8 Å². The lowest BCUT2D eigenvalue weighted by Gasteiger charge is -2.28. The number of nitrogens with zero attached hydrogens (tertiary/aromatic N) is 13. The third-order valence-corrected chi connectivity index (χ3v) is 11.7. The van der Waals surface area contributed by atoms with Gasteiger partial charge in [0.05, 0.1) is 71.1 Å². The molecule has 0 amide bonds. The molecule has 0 spiro atoms. The van der Waals surface area contributed by atoms with Gasteiger partial charge in [-0.2, -0.15) is 30.2 Å². The second kappa shape index (κ2) is 20.0. The second-order valence-electron chi connectivity index (χ2n) is 14.6. The van der Waals surface area contributed by atoms with Crippen LogP contribution in [0, 0.1) is 6.92 Å². The van der Waals surface area contributed by atoms with Gasteiger partial charge in [-0.1, -0.05) is 46.4 Å². The number of nitrogens with one attached hydrogen (secondary N) is 1. The first-order valence-electron chi connectivity index (χ1n) is 20.2. The lowest BCUT2D eigenvalue weighted by molar-refractivity contribution is 0.120. The molecule has 2 aliphatic heterocycles. The molecule has 6 aromatic heterocycles. The van der Waals surface area contributed by atoms with Gasteiger partial charge in [-0.15, -0.1) is 0 Å². The van der Waals surface area contributed by atoms with Crippen LogP contribution in [0.5, 0.6) is 0 Å². The van der Waals surface area contributed by atoms with Crippen LogP contribution in [-0.4, -0.2) is 105 Å². The summed E-state index contributed by atoms with van der Waals surface area (Å²) in [5, 5.41) is 21.4. The van der Waals surface area contributed by atoms with E-state index in [1.165, 1.54) is 0 Å². The molecule has 9 aromatic rings. The number of benzene rings is 3. The number of anilines is 2. The predicted molar refractivity (Wildman–Crippen MR) is 255 cm³/mol. The Balaban J connectivity index is 0.000000124. The zero-order chi connectivity index (χ0) is 45.0. The SMILES string of the molecule is Cc1nc(N2CCOCC2)c2cnn(-c3ccc(Cl)cc3)c2n1.Clc1ccc(-n2ncc3c(Cl)nc(Cl)nc32)cc1.Clc1ccc(-n2ncc3c(NCC4CCCO4)nc(Cl)nc32)cc1. The summed E-state index contributed by atoms with van der Waals surface area (Å²) in [7, 11) is 0. The molecule has 2 fully saturated rings. The number of aromatic nitrogens is 12. The van der Waals surface area contributed by atoms with Crippen molar-refractivity contribution in [2.24, 2.45) is 0 Å². The normalized spacial score (nSPS) is 14.9. The van der Waals surface area contributed by atoms with Crippen LogP contribution < -0.4 is 10.2 Å². The van der Waals surface area contributed by atoms with Crippen molar-refractivity contribution in [1.82, 2.24) is 59.2 Å². The highest BCUT2D eigenvalue weighted by molar-refractivity contribution is 6.35. The van der Waals surface area contributed by atoms with Crippen molar-refractivity contribution in [3.05, 3.63) is 128 Å². The topological polar surface area (TPSA) is 165 Å². The largest absolute Gasteiger partial charge is 0.378 e. The maximum absolute atomic E-state index is 6.11. The van der Waals surface area contributed by atoms with Crippen LogP contribution >= 0.6 is 69.6 Å². The highest BCUT2D eigenvalue weighted by atomic mass is 35.5. The third kappa shape index (κ3) is 10.2. The molecule has 2 aliphatic rings. The number of aryl methyl sites for hydroxylation is 1. The fraction of sp³-hybridized carbons (Fsp3) is 0.233. The van der Waals surface area contributed by atoms with E-state index in [2.05, 4.69) is 55.4 Å². The summed E-state index contributed by atoms with van der Waals surface area (Å²) in [5.41, 5.74) is 4.61. The van der Waals surface area contributed by atoms with E-state index < -0.39 is 0 Å². The minimum Gasteiger partial charge on any atom is -0.378 e. The molecule has 1 atom stereocenters. The molecule has 3 aromatic carbocycles. The second-order valence-corrected chi connectivity index (χ2v) is 17.0. The summed E-state index contributed by atoms with van der Waals surface area (Å²) in [6.07, 6.45) is 7.52. The van der Waals surface area contributed by atoms with Crippen LogP contribution in [0.4, 0.5) is 11.6 Å². The summed E-state index contributed by atoms with van der Waals surface area (Å²) < 4.78 is 16.2. The van der Waals surface area contributed by atoms with Gasteiger partial charge in [0.15, 0.2) is 16.9 Å². The Morgan fingerprint density at radius 2 is 1.06 bits per heavy atom. The standard InChI is InChI=1S/C16H15Cl2N5O.C16H16ClN5O.C11H5Cl3N4/c17-10-3-5-11(6-4-10)23-15-13(9-20-23)14(21-16(18)22-15)19-8-12-2-1-7-24-12;1-11-19-15(21-6-8-23-9-7-21)14-10-18-22(16(14)20-11)13-4-2-12(17)3-5-13;12-6-1-3-7(4-2-6)18-10-8(5-15-18)9(13)16-11(14)17-10/h3-6,9,12H,1-2,7-8H2,(H,19,21,22);2-5,10H,6-9H2,1H3;1-5H. The maximum atomic E-state index is 6.11. The molecule has 1 unspecified atom stereocenters. The van der Waals surface area contributed by atoms with Gasteiger partial charge in [-0.25, -0.2) is 29.0 Å². The molecular formula is C43H36Cl6N14O2. The van der Waals surface area contributed by atoms with E-state index in [1.54, 1.807) is 33.9 Å². The van der Waals surface area contributed by atoms with E-state index in [0.717, 1.165) is 90.9 Å². The zero-order valence-corrected chi connectivity index (χ0v) is 38.8. The van der Waals surface area contributed by atoms with Crippen LogP contribution in [0.3, 0.4) is 0 Å². The summed E-state index contributed by atoms with van der Waals surface area (Å²) >= 11 is 35.6. The number of fused-ring (bicyclic) bond motifs is 3. The smallest absolute Gasteiger partial charge is 0.226 e. The fourth-order valence-electron chi connectivity index (χ4n) is 7.21. The van der Waals surface area contributed by atoms with Crippen molar-refractivity contribution in [2.45, 2.75) is 25.9 Å². The number of ether oxygens (including phenoxy) is 2. The first-order valence-corrected chi connectivity index (χ1v) is 22.5. The van der Waals surface area contributed by atoms with E-state index in [0.29, 0.717) is 44.1 Å². The lowest BCUT2D eigenvalue weighted by Crippen LogP contribution is -2.37. The van der Waals surface area contributed by atoms with Gasteiger partial charge in [0, 0.05) is 41.3 Å². The van der Waals surface area contributed by atoms with E-state index in [1.807, 2.05) is 78.5 Å². The minimum absolute atomic E-state index is 0.0863. The molecule has 1 N–H and O–H groups in total. The van der Waals surface area contributed by atoms with E-state index >= 15 is 0 Å². The molecule has 0 bridgehead atoms. The van der Waals surface area contributed by atoms with Crippen molar-refractivity contribution in [3.8, 4) is 17.1 Å². The Bertz CT molecular complexity index is 3080. The van der Waals surface area contributed by atoms with Crippen LogP contribution in [0.25, 0.3) is 50.2 Å². The van der Waals surface area contributed by atoms with Gasteiger partial charge in [0.2, 0.25) is 10.6 Å². The molecule has 332 valence electrons. The molecular weight excluding hydrogens is 957 g/mol. The highest BCUT2D eigenvalue weighted by Crippen LogP contribution is 2.29. The van der Waals surface area contributed by atoms with Crippen LogP contribution in [0.15, 0.2) is 91.4 Å². The van der Waals surface area contributed by atoms with Gasteiger partial charge < -0.3 is 19.7 Å². The molecule has 0 aliphatic carbocycles. The van der Waals surface area contributed by atoms with Crippen molar-refractivity contribution in [1.29, 1.82) is 0 Å². The van der Waals surface area contributed by atoms with Gasteiger partial charge >= 0.3 is 0 Å². The maximum Gasteiger partial charge on any atom is 0.226 e. The van der Waals surface area contributed by atoms with Gasteiger partial charge in [0.1, 0.15) is 22.6 Å². The Kier molecular flexibility index (Phi) is 13.8. The quantitative estimate of drug-likeness (QED) is 0.119. The molecule has 2 saturated heterocycles. The van der Waals surface area contributed by atoms with Gasteiger partial charge in [-0.05, 0) is 116 Å². The Morgan fingerprint density at radius 1 is 0.569 bits per heavy atom. The number of rotatable bonds is 7. The van der Waals surface area contributed by atoms with Crippen molar-refractivity contribution in [2.75, 3.05) is 49.7 Å². The number of halogens is 6. The van der Waals surface area contributed by atoms with Gasteiger partial charge in [-0.3, -0.25) is 0 Å². The van der Waals surface area contributed by atoms with Gasteiger partial charge in [0.25, 0.3) is 0 Å². The molecule has 0 saturated carbocycles. The van der Waals surface area contributed by atoms with Crippen LogP contribution in [-0.2, 0) is 9.47 Å². The molecule has 8 heterocycles. The average Bonchev–Trinajstić information content (AvgIpc) is 4.15. The van der Waals surface area contributed by atoms with E-state index in [4.69, 9.17) is 79.1 Å². The number of hydrogen-bond donors (Lipinski definition) is 1. The summed E-state index contributed by atoms with van der Waals surface area (Å²) in [6.45, 7) is 6.51. The summed E-state index contributed by atoms with van der Waals surface area (Å²) in [4.78, 5) is 28.1. The Labute approximate surface area is 401 Å². The monoisotopic (exact) mass is 990 g/mol. The molecule has 16 nitrogen and oxygen atoms in total. The van der Waals surface area contributed by atoms with Crippen molar-refractivity contribution in [3.63, 3.8) is 0 Å². The Morgan fingerprint density at radius 3 is 1.60 bits per heavy atom. The van der Waals surface area contributed by atoms with Crippen molar-refractivity contribution >= 4 is 114 Å². The lowest BCUT2D eigenvalue weighted by atomic mass is 10.2. The predicted octanol–water partition coefficient (Wildman–Crippen LogP) is 10.1. The number of hydrogen-bond acceptors (Lipinski definition) is 13. The number of morpholine rings is 1. The summed E-state index contributed by atoms with van der Waals surface area (Å²) in [5.74, 6) is 2.33. The molecule has 65 heavy (non-hydrogen) atoms. The van der Waals surface area contributed by atoms with Crippen LogP contribution in [0.2, 0.25) is 30.8 Å². The zero-order valence-electron chi connectivity index (χ0n) is 34.3. The third-order valence-electron chi connectivity index (χ3n) is 10.3. The first kappa shape index (κ1) is 44.8. The van der Waals surface area contributed by atoms with E-state index in [9.17, 15) is 0 Å². The molecule has 0 radical (unpaired) electrons. The Hall–Kier alpha value is -5.43. The molecule has 11 rings (SSSR count). The van der Waals surface area contributed by atoms with Crippen molar-refractivity contribution < 1.29 is 9.47 Å². The first-order chi connectivity index (χ1) is 31.6. The summed E-state index contributed by atoms with van der Waals surface area (Å²) in [6, 6.07) is 22.1. The highest BCUT2D eigenvalue weighted by Gasteiger charge is 2.21. The average molecular weight is 994 g/mol. The molecule has 22 heteroatoms. The fourth-order valence-corrected chi connectivity index (χ4v) is 8.17.